The molecular formula is C21H20BrNO6. The lowest BCUT2D eigenvalue weighted by molar-refractivity contribution is -0.384. The Bertz CT molecular complexity index is 1050. The normalized spacial score (nSPS) is 18.3. The summed E-state index contributed by atoms with van der Waals surface area (Å²) in [5.41, 5.74) is 2.77. The first-order valence-electron chi connectivity index (χ1n) is 8.91. The maximum atomic E-state index is 12.4. The van der Waals surface area contributed by atoms with Crippen molar-refractivity contribution in [3.05, 3.63) is 83.2 Å². The number of nitro benzene ring substituents is 1. The molecule has 0 aliphatic carbocycles. The number of benzene rings is 1. The average Bonchev–Trinajstić information content (AvgIpc) is 3.14. The van der Waals surface area contributed by atoms with Crippen LogP contribution in [0.2, 0.25) is 0 Å². The van der Waals surface area contributed by atoms with Crippen LogP contribution in [0.4, 0.5) is 5.69 Å². The molecule has 1 aliphatic rings. The first-order valence-corrected chi connectivity index (χ1v) is 9.70. The minimum Gasteiger partial charge on any atom is -0.468 e. The van der Waals surface area contributed by atoms with Crippen LogP contribution in [0.15, 0.2) is 49.6 Å². The van der Waals surface area contributed by atoms with Crippen LogP contribution < -0.4 is 10.2 Å². The summed E-state index contributed by atoms with van der Waals surface area (Å²) < 4.78 is 17.6. The molecule has 152 valence electrons. The standard InChI is InChI=1S/C21H20BrNO6/c1-12-19(24)13(2)21(27-3)29-20(12)18-10-15(11-28-18)9-16(22)8-14-4-6-17(7-5-14)23(25)26/h4-9,18H,10-11H2,1-3H3/b15-9-,16-8-/t18-/m1/s1. The van der Waals surface area contributed by atoms with Gasteiger partial charge in [-0.1, -0.05) is 15.9 Å². The van der Waals surface area contributed by atoms with Gasteiger partial charge >= 0.3 is 0 Å². The number of hydrogen-bond acceptors (Lipinski definition) is 6. The molecule has 8 heteroatoms. The lowest BCUT2D eigenvalue weighted by Gasteiger charge is -2.13. The van der Waals surface area contributed by atoms with Crippen LogP contribution in [0.25, 0.3) is 6.08 Å². The van der Waals surface area contributed by atoms with E-state index in [4.69, 9.17) is 13.9 Å². The Morgan fingerprint density at radius 2 is 1.97 bits per heavy atom. The van der Waals surface area contributed by atoms with E-state index in [9.17, 15) is 14.9 Å². The fourth-order valence-corrected chi connectivity index (χ4v) is 3.75. The Morgan fingerprint density at radius 3 is 2.59 bits per heavy atom. The summed E-state index contributed by atoms with van der Waals surface area (Å²) in [5, 5.41) is 10.7. The van der Waals surface area contributed by atoms with E-state index in [0.29, 0.717) is 29.9 Å². The minimum absolute atomic E-state index is 0.0500. The highest BCUT2D eigenvalue weighted by atomic mass is 79.9. The van der Waals surface area contributed by atoms with Crippen LogP contribution in [0.5, 0.6) is 5.95 Å². The molecule has 2 heterocycles. The number of non-ortho nitro benzene ring substituents is 1. The molecular weight excluding hydrogens is 442 g/mol. The van der Waals surface area contributed by atoms with Crippen molar-refractivity contribution in [2.24, 2.45) is 0 Å². The van der Waals surface area contributed by atoms with Gasteiger partial charge in [0.15, 0.2) is 5.43 Å². The van der Waals surface area contributed by atoms with E-state index in [1.807, 2.05) is 12.2 Å². The van der Waals surface area contributed by atoms with Crippen molar-refractivity contribution in [2.45, 2.75) is 26.4 Å². The fourth-order valence-electron chi connectivity index (χ4n) is 3.16. The molecule has 1 aromatic carbocycles. The molecule has 0 N–H and O–H groups in total. The van der Waals surface area contributed by atoms with Crippen LogP contribution in [-0.2, 0) is 4.74 Å². The van der Waals surface area contributed by atoms with Gasteiger partial charge in [-0.3, -0.25) is 14.9 Å². The van der Waals surface area contributed by atoms with Gasteiger partial charge in [0.25, 0.3) is 11.6 Å². The van der Waals surface area contributed by atoms with Gasteiger partial charge in [-0.25, -0.2) is 0 Å². The Balaban J connectivity index is 1.78. The third-order valence-corrected chi connectivity index (χ3v) is 5.16. The van der Waals surface area contributed by atoms with E-state index in [-0.39, 0.29) is 23.2 Å². The molecule has 1 aromatic heterocycles. The van der Waals surface area contributed by atoms with E-state index >= 15 is 0 Å². The van der Waals surface area contributed by atoms with Crippen molar-refractivity contribution in [3.8, 4) is 5.95 Å². The smallest absolute Gasteiger partial charge is 0.291 e. The zero-order valence-corrected chi connectivity index (χ0v) is 17.8. The second kappa shape index (κ2) is 8.75. The highest BCUT2D eigenvalue weighted by molar-refractivity contribution is 9.12. The van der Waals surface area contributed by atoms with Crippen LogP contribution in [-0.4, -0.2) is 18.6 Å². The summed E-state index contributed by atoms with van der Waals surface area (Å²) in [6, 6.07) is 6.29. The highest BCUT2D eigenvalue weighted by Gasteiger charge is 2.28. The summed E-state index contributed by atoms with van der Waals surface area (Å²) in [4.78, 5) is 22.7. The quantitative estimate of drug-likeness (QED) is 0.459. The summed E-state index contributed by atoms with van der Waals surface area (Å²) >= 11 is 3.51. The predicted molar refractivity (Wildman–Crippen MR) is 112 cm³/mol. The highest BCUT2D eigenvalue weighted by Crippen LogP contribution is 2.36. The van der Waals surface area contributed by atoms with Crippen LogP contribution in [0, 0.1) is 24.0 Å². The van der Waals surface area contributed by atoms with Gasteiger partial charge in [0.05, 0.1) is 24.2 Å². The van der Waals surface area contributed by atoms with Gasteiger partial charge in [0, 0.05) is 28.6 Å². The fraction of sp³-hybridized carbons (Fsp3) is 0.286. The molecule has 0 saturated carbocycles. The molecule has 0 radical (unpaired) electrons. The second-order valence-corrected chi connectivity index (χ2v) is 7.64. The Labute approximate surface area is 175 Å². The van der Waals surface area contributed by atoms with Gasteiger partial charge in [0.1, 0.15) is 11.9 Å². The molecule has 1 fully saturated rings. The van der Waals surface area contributed by atoms with Gasteiger partial charge in [0.2, 0.25) is 0 Å². The molecule has 0 bridgehead atoms. The van der Waals surface area contributed by atoms with Gasteiger partial charge in [-0.05, 0) is 49.3 Å². The molecule has 0 spiro atoms. The first-order chi connectivity index (χ1) is 13.8. The molecule has 3 rings (SSSR count). The maximum absolute atomic E-state index is 12.4. The number of allylic oxidation sites excluding steroid dienone is 2. The van der Waals surface area contributed by atoms with E-state index in [1.54, 1.807) is 26.0 Å². The third kappa shape index (κ3) is 4.65. The largest absolute Gasteiger partial charge is 0.468 e. The molecule has 1 saturated heterocycles. The van der Waals surface area contributed by atoms with E-state index < -0.39 is 4.92 Å². The molecule has 2 aromatic rings. The molecule has 7 nitrogen and oxygen atoms in total. The van der Waals surface area contributed by atoms with E-state index in [2.05, 4.69) is 15.9 Å². The van der Waals surface area contributed by atoms with Gasteiger partial charge in [-0.15, -0.1) is 0 Å². The SMILES string of the molecule is COc1oc([C@H]2C/C(=C/C(Br)=C/c3ccc([N+](=O)[O-])cc3)CO2)c(C)c(=O)c1C. The number of nitro groups is 1. The van der Waals surface area contributed by atoms with Crippen molar-refractivity contribution in [3.63, 3.8) is 0 Å². The maximum Gasteiger partial charge on any atom is 0.291 e. The van der Waals surface area contributed by atoms with E-state index in [0.717, 1.165) is 15.6 Å². The molecule has 29 heavy (non-hydrogen) atoms. The zero-order valence-electron chi connectivity index (χ0n) is 16.2. The van der Waals surface area contributed by atoms with Crippen molar-refractivity contribution in [1.82, 2.24) is 0 Å². The number of methoxy groups -OCH3 is 1. The van der Waals surface area contributed by atoms with Gasteiger partial charge in [-0.2, -0.15) is 0 Å². The number of nitrogens with zero attached hydrogens (tertiary/aromatic N) is 1. The lowest BCUT2D eigenvalue weighted by atomic mass is 10.0. The Kier molecular flexibility index (Phi) is 6.34. The molecule has 0 unspecified atom stereocenters. The Morgan fingerprint density at radius 1 is 1.28 bits per heavy atom. The average molecular weight is 462 g/mol. The van der Waals surface area contributed by atoms with E-state index in [1.165, 1.54) is 19.2 Å². The van der Waals surface area contributed by atoms with Crippen LogP contribution in [0.1, 0.15) is 35.0 Å². The van der Waals surface area contributed by atoms with Crippen molar-refractivity contribution in [2.75, 3.05) is 13.7 Å². The first kappa shape index (κ1) is 21.0. The number of halogens is 1. The van der Waals surface area contributed by atoms with Crippen molar-refractivity contribution < 1.29 is 18.8 Å². The number of ether oxygens (including phenoxy) is 2. The van der Waals surface area contributed by atoms with Crippen molar-refractivity contribution >= 4 is 27.7 Å². The molecule has 1 aliphatic heterocycles. The number of hydrogen-bond donors (Lipinski definition) is 0. The van der Waals surface area contributed by atoms with Crippen molar-refractivity contribution in [1.29, 1.82) is 0 Å². The summed E-state index contributed by atoms with van der Waals surface area (Å²) in [6.45, 7) is 3.80. The Hall–Kier alpha value is -2.71. The second-order valence-electron chi connectivity index (χ2n) is 6.72. The monoisotopic (exact) mass is 461 g/mol. The third-order valence-electron chi connectivity index (χ3n) is 4.71. The summed E-state index contributed by atoms with van der Waals surface area (Å²) in [7, 11) is 1.46. The summed E-state index contributed by atoms with van der Waals surface area (Å²) in [5.74, 6) is 0.687. The summed E-state index contributed by atoms with van der Waals surface area (Å²) in [6.07, 6.45) is 4.03. The van der Waals surface area contributed by atoms with Crippen LogP contribution >= 0.6 is 15.9 Å². The lowest BCUT2D eigenvalue weighted by Crippen LogP contribution is -2.15. The van der Waals surface area contributed by atoms with Crippen LogP contribution in [0.3, 0.4) is 0 Å². The molecule has 1 atom stereocenters. The topological polar surface area (TPSA) is 91.8 Å². The molecule has 0 amide bonds. The predicted octanol–water partition coefficient (Wildman–Crippen LogP) is 5.00. The number of rotatable bonds is 5. The zero-order chi connectivity index (χ0) is 21.1. The van der Waals surface area contributed by atoms with Gasteiger partial charge < -0.3 is 13.9 Å². The minimum atomic E-state index is -0.430.